The first-order valence-corrected chi connectivity index (χ1v) is 7.56. The summed E-state index contributed by atoms with van der Waals surface area (Å²) in [6.45, 7) is 2.04. The number of likely N-dealkylation sites (tertiary alicyclic amines) is 1. The van der Waals surface area contributed by atoms with E-state index in [-0.39, 0.29) is 17.6 Å². The number of ether oxygens (including phenoxy) is 1. The summed E-state index contributed by atoms with van der Waals surface area (Å²) in [4.78, 5) is 13.5. The number of amides is 1. The predicted molar refractivity (Wildman–Crippen MR) is 79.8 cm³/mol. The Morgan fingerprint density at radius 1 is 1.30 bits per heavy atom. The van der Waals surface area contributed by atoms with Crippen LogP contribution >= 0.6 is 0 Å². The summed E-state index contributed by atoms with van der Waals surface area (Å²) >= 11 is 0. The molecule has 7 heteroatoms. The highest BCUT2D eigenvalue weighted by Gasteiger charge is 2.29. The summed E-state index contributed by atoms with van der Waals surface area (Å²) in [5, 5.41) is 0. The number of carbonyl (C=O) groups is 1. The number of hydrogen-bond acceptors (Lipinski definition) is 3. The van der Waals surface area contributed by atoms with Gasteiger partial charge in [-0.25, -0.2) is 0 Å². The van der Waals surface area contributed by atoms with Crippen LogP contribution in [-0.4, -0.2) is 36.2 Å². The van der Waals surface area contributed by atoms with Crippen molar-refractivity contribution in [3.05, 3.63) is 29.8 Å². The van der Waals surface area contributed by atoms with E-state index >= 15 is 0 Å². The van der Waals surface area contributed by atoms with Gasteiger partial charge in [0.2, 0.25) is 5.91 Å². The highest BCUT2D eigenvalue weighted by atomic mass is 19.4. The first-order valence-electron chi connectivity index (χ1n) is 7.56. The molecule has 2 N–H and O–H groups in total. The lowest BCUT2D eigenvalue weighted by Gasteiger charge is -2.36. The number of alkyl halides is 3. The fourth-order valence-electron chi connectivity index (χ4n) is 2.72. The quantitative estimate of drug-likeness (QED) is 0.903. The van der Waals surface area contributed by atoms with E-state index in [1.807, 2.05) is 0 Å². The van der Waals surface area contributed by atoms with Gasteiger partial charge in [-0.2, -0.15) is 13.2 Å². The normalized spacial score (nSPS) is 22.8. The molecule has 0 aromatic heterocycles. The minimum absolute atomic E-state index is 0.138. The average Bonchev–Trinajstić information content (AvgIpc) is 2.48. The van der Waals surface area contributed by atoms with Crippen LogP contribution in [0.15, 0.2) is 24.3 Å². The summed E-state index contributed by atoms with van der Waals surface area (Å²) in [6.07, 6.45) is -2.64. The van der Waals surface area contributed by atoms with Gasteiger partial charge in [0.15, 0.2) is 6.61 Å². The molecule has 1 amide bonds. The molecule has 1 aromatic rings. The largest absolute Gasteiger partial charge is 0.484 e. The second-order valence-corrected chi connectivity index (χ2v) is 6.00. The van der Waals surface area contributed by atoms with Crippen LogP contribution in [0.3, 0.4) is 0 Å². The van der Waals surface area contributed by atoms with Crippen LogP contribution < -0.4 is 10.5 Å². The molecule has 0 unspecified atom stereocenters. The number of primary amides is 1. The molecule has 1 heterocycles. The first-order chi connectivity index (χ1) is 10.7. The van der Waals surface area contributed by atoms with Gasteiger partial charge in [-0.1, -0.05) is 12.1 Å². The van der Waals surface area contributed by atoms with Gasteiger partial charge in [-0.15, -0.1) is 0 Å². The van der Waals surface area contributed by atoms with Crippen molar-refractivity contribution in [3.8, 4) is 5.75 Å². The molecule has 1 aliphatic rings. The van der Waals surface area contributed by atoms with Gasteiger partial charge in [0.1, 0.15) is 5.75 Å². The summed E-state index contributed by atoms with van der Waals surface area (Å²) in [5.41, 5.74) is 6.34. The zero-order valence-electron chi connectivity index (χ0n) is 13.0. The monoisotopic (exact) mass is 330 g/mol. The zero-order valence-corrected chi connectivity index (χ0v) is 13.0. The molecule has 0 radical (unpaired) electrons. The van der Waals surface area contributed by atoms with Crippen molar-refractivity contribution >= 4 is 5.91 Å². The maximum atomic E-state index is 12.1. The van der Waals surface area contributed by atoms with Crippen molar-refractivity contribution in [2.24, 2.45) is 11.7 Å². The topological polar surface area (TPSA) is 55.6 Å². The van der Waals surface area contributed by atoms with E-state index in [0.717, 1.165) is 18.4 Å². The number of nitrogens with two attached hydrogens (primary N) is 1. The lowest BCUT2D eigenvalue weighted by molar-refractivity contribution is -0.153. The molecular formula is C16H21F3N2O2. The molecule has 1 aromatic carbocycles. The van der Waals surface area contributed by atoms with Crippen LogP contribution in [0.5, 0.6) is 5.75 Å². The predicted octanol–water partition coefficient (Wildman–Crippen LogP) is 2.71. The Hall–Kier alpha value is -1.76. The molecule has 4 nitrogen and oxygen atoms in total. The van der Waals surface area contributed by atoms with Gasteiger partial charge in [-0.3, -0.25) is 9.69 Å². The van der Waals surface area contributed by atoms with Gasteiger partial charge in [-0.05, 0) is 37.5 Å². The molecule has 23 heavy (non-hydrogen) atoms. The fraction of sp³-hybridized carbons (Fsp3) is 0.562. The summed E-state index contributed by atoms with van der Waals surface area (Å²) in [6, 6.07) is 6.88. The van der Waals surface area contributed by atoms with Gasteiger partial charge < -0.3 is 10.5 Å². The zero-order chi connectivity index (χ0) is 17.0. The van der Waals surface area contributed by atoms with Crippen LogP contribution in [-0.2, 0) is 11.3 Å². The molecule has 0 bridgehead atoms. The molecule has 1 aliphatic heterocycles. The number of rotatable bonds is 5. The Balaban J connectivity index is 1.93. The van der Waals surface area contributed by atoms with Crippen molar-refractivity contribution in [2.75, 3.05) is 13.2 Å². The van der Waals surface area contributed by atoms with Gasteiger partial charge in [0, 0.05) is 19.1 Å². The number of nitrogens with zero attached hydrogens (tertiary/aromatic N) is 1. The van der Waals surface area contributed by atoms with Crippen molar-refractivity contribution in [1.29, 1.82) is 0 Å². The van der Waals surface area contributed by atoms with E-state index < -0.39 is 12.8 Å². The SMILES string of the molecule is C[C@H]1CC[C@H](C(N)=O)CN1Cc1ccc(OCC(F)(F)F)cc1. The Morgan fingerprint density at radius 3 is 2.52 bits per heavy atom. The third-order valence-electron chi connectivity index (χ3n) is 4.13. The highest BCUT2D eigenvalue weighted by molar-refractivity contribution is 5.76. The maximum Gasteiger partial charge on any atom is 0.422 e. The molecule has 2 rings (SSSR count). The van der Waals surface area contributed by atoms with E-state index in [4.69, 9.17) is 5.73 Å². The van der Waals surface area contributed by atoms with E-state index in [2.05, 4.69) is 16.6 Å². The lowest BCUT2D eigenvalue weighted by Crippen LogP contribution is -2.45. The Kier molecular flexibility index (Phi) is 5.51. The Labute approximate surface area is 133 Å². The van der Waals surface area contributed by atoms with Crippen molar-refractivity contribution in [2.45, 2.75) is 38.5 Å². The Bertz CT molecular complexity index is 531. The first kappa shape index (κ1) is 17.6. The third-order valence-corrected chi connectivity index (χ3v) is 4.13. The summed E-state index contributed by atoms with van der Waals surface area (Å²) < 4.78 is 41.0. The minimum atomic E-state index is -4.34. The molecule has 2 atom stereocenters. The second-order valence-electron chi connectivity index (χ2n) is 6.00. The van der Waals surface area contributed by atoms with Crippen LogP contribution in [0.25, 0.3) is 0 Å². The van der Waals surface area contributed by atoms with Crippen LogP contribution in [0.1, 0.15) is 25.3 Å². The smallest absolute Gasteiger partial charge is 0.422 e. The fourth-order valence-corrected chi connectivity index (χ4v) is 2.72. The number of piperidine rings is 1. The molecule has 1 fully saturated rings. The second kappa shape index (κ2) is 7.21. The third kappa shape index (κ3) is 5.42. The van der Waals surface area contributed by atoms with Crippen LogP contribution in [0.2, 0.25) is 0 Å². The minimum Gasteiger partial charge on any atom is -0.484 e. The van der Waals surface area contributed by atoms with E-state index in [9.17, 15) is 18.0 Å². The molecule has 128 valence electrons. The lowest BCUT2D eigenvalue weighted by atomic mass is 9.92. The highest BCUT2D eigenvalue weighted by Crippen LogP contribution is 2.24. The molecule has 0 aliphatic carbocycles. The summed E-state index contributed by atoms with van der Waals surface area (Å²) in [7, 11) is 0. The van der Waals surface area contributed by atoms with Gasteiger partial charge in [0.05, 0.1) is 5.92 Å². The summed E-state index contributed by atoms with van der Waals surface area (Å²) in [5.74, 6) is -0.230. The van der Waals surface area contributed by atoms with Crippen LogP contribution in [0.4, 0.5) is 13.2 Å². The Morgan fingerprint density at radius 2 is 1.96 bits per heavy atom. The van der Waals surface area contributed by atoms with Crippen molar-refractivity contribution in [1.82, 2.24) is 4.90 Å². The molecule has 0 spiro atoms. The maximum absolute atomic E-state index is 12.1. The van der Waals surface area contributed by atoms with Crippen molar-refractivity contribution in [3.63, 3.8) is 0 Å². The number of benzene rings is 1. The van der Waals surface area contributed by atoms with E-state index in [0.29, 0.717) is 19.1 Å². The number of hydrogen-bond donors (Lipinski definition) is 1. The van der Waals surface area contributed by atoms with Gasteiger partial charge >= 0.3 is 6.18 Å². The van der Waals surface area contributed by atoms with E-state index in [1.54, 1.807) is 12.1 Å². The molecule has 0 saturated carbocycles. The van der Waals surface area contributed by atoms with Gasteiger partial charge in [0.25, 0.3) is 0 Å². The molecule has 1 saturated heterocycles. The number of carbonyl (C=O) groups excluding carboxylic acids is 1. The van der Waals surface area contributed by atoms with Crippen LogP contribution in [0, 0.1) is 5.92 Å². The van der Waals surface area contributed by atoms with E-state index in [1.165, 1.54) is 12.1 Å². The standard InChI is InChI=1S/C16H21F3N2O2/c1-11-2-5-13(15(20)22)9-21(11)8-12-3-6-14(7-4-12)23-10-16(17,18)19/h3-4,6-7,11,13H,2,5,8-10H2,1H3,(H2,20,22)/t11-,13-/m0/s1. The average molecular weight is 330 g/mol. The van der Waals surface area contributed by atoms with Crippen molar-refractivity contribution < 1.29 is 22.7 Å². The molecular weight excluding hydrogens is 309 g/mol. The number of halogens is 3.